The molecule has 0 unspecified atom stereocenters. The fraction of sp³-hybridized carbons (Fsp3) is 0.188. The summed E-state index contributed by atoms with van der Waals surface area (Å²) in [7, 11) is 0. The van der Waals surface area contributed by atoms with E-state index < -0.39 is 0 Å². The van der Waals surface area contributed by atoms with E-state index in [-0.39, 0.29) is 12.5 Å². The van der Waals surface area contributed by atoms with Gasteiger partial charge in [0.15, 0.2) is 0 Å². The van der Waals surface area contributed by atoms with Crippen LogP contribution in [0.5, 0.6) is 5.75 Å². The lowest BCUT2D eigenvalue weighted by Crippen LogP contribution is -2.07. The van der Waals surface area contributed by atoms with Crippen molar-refractivity contribution in [3.8, 4) is 17.6 Å². The van der Waals surface area contributed by atoms with Crippen molar-refractivity contribution >= 4 is 22.9 Å². The van der Waals surface area contributed by atoms with E-state index in [1.807, 2.05) is 23.6 Å². The van der Waals surface area contributed by atoms with Crippen molar-refractivity contribution < 1.29 is 14.6 Å². The molecule has 1 aromatic heterocycles. The number of benzene rings is 1. The normalized spacial score (nSPS) is 9.62. The largest absolute Gasteiger partial charge is 0.486 e. The van der Waals surface area contributed by atoms with Crippen LogP contribution in [0.15, 0.2) is 35.7 Å². The summed E-state index contributed by atoms with van der Waals surface area (Å²) in [5, 5.41) is 13.4. The molecule has 0 bridgehead atoms. The van der Waals surface area contributed by atoms with Gasteiger partial charge in [-0.25, -0.2) is 0 Å². The Balaban J connectivity index is 2.10. The molecule has 1 amide bonds. The van der Waals surface area contributed by atoms with Crippen molar-refractivity contribution in [1.29, 1.82) is 0 Å². The molecule has 0 aliphatic rings. The van der Waals surface area contributed by atoms with Gasteiger partial charge in [0.2, 0.25) is 5.91 Å². The quantitative estimate of drug-likeness (QED) is 0.854. The fourth-order valence-corrected chi connectivity index (χ4v) is 2.47. The third-order valence-electron chi connectivity index (χ3n) is 2.60. The molecular weight excluding hydrogens is 286 g/mol. The van der Waals surface area contributed by atoms with Crippen LogP contribution < -0.4 is 10.1 Å². The SMILES string of the molecule is CC(=O)Nc1ccccc1OCc1sccc1C#CCO. The van der Waals surface area contributed by atoms with Crippen molar-refractivity contribution in [1.82, 2.24) is 0 Å². The van der Waals surface area contributed by atoms with Crippen LogP contribution in [0.25, 0.3) is 0 Å². The van der Waals surface area contributed by atoms with E-state index in [4.69, 9.17) is 9.84 Å². The molecule has 0 aliphatic carbocycles. The maximum Gasteiger partial charge on any atom is 0.221 e. The minimum absolute atomic E-state index is 0.142. The van der Waals surface area contributed by atoms with Crippen LogP contribution in [-0.2, 0) is 11.4 Å². The number of amides is 1. The molecule has 0 aliphatic heterocycles. The Morgan fingerprint density at radius 2 is 2.19 bits per heavy atom. The van der Waals surface area contributed by atoms with Crippen molar-refractivity contribution in [3.05, 3.63) is 46.2 Å². The maximum absolute atomic E-state index is 11.2. The molecule has 0 saturated carbocycles. The van der Waals surface area contributed by atoms with E-state index in [1.54, 1.807) is 23.5 Å². The van der Waals surface area contributed by atoms with E-state index in [2.05, 4.69) is 17.2 Å². The Kier molecular flexibility index (Phi) is 5.38. The molecule has 21 heavy (non-hydrogen) atoms. The average molecular weight is 301 g/mol. The first-order valence-corrected chi connectivity index (χ1v) is 7.24. The number of thiophene rings is 1. The topological polar surface area (TPSA) is 58.6 Å². The van der Waals surface area contributed by atoms with Crippen molar-refractivity contribution in [2.24, 2.45) is 0 Å². The Labute approximate surface area is 127 Å². The lowest BCUT2D eigenvalue weighted by molar-refractivity contribution is -0.114. The monoisotopic (exact) mass is 301 g/mol. The molecule has 1 heterocycles. The molecular formula is C16H15NO3S. The minimum atomic E-state index is -0.165. The van der Waals surface area contributed by atoms with Crippen LogP contribution in [0.1, 0.15) is 17.4 Å². The van der Waals surface area contributed by atoms with Crippen LogP contribution in [0, 0.1) is 11.8 Å². The Bertz CT molecular complexity index is 682. The zero-order valence-corrected chi connectivity index (χ0v) is 12.4. The molecule has 0 saturated heterocycles. The first-order chi connectivity index (χ1) is 10.2. The Hall–Kier alpha value is -2.29. The molecule has 4 nitrogen and oxygen atoms in total. The molecule has 0 spiro atoms. The average Bonchev–Trinajstić information content (AvgIpc) is 2.91. The summed E-state index contributed by atoms with van der Waals surface area (Å²) in [6.07, 6.45) is 0. The lowest BCUT2D eigenvalue weighted by atomic mass is 10.2. The van der Waals surface area contributed by atoms with Crippen LogP contribution in [-0.4, -0.2) is 17.6 Å². The van der Waals surface area contributed by atoms with E-state index in [1.165, 1.54) is 6.92 Å². The summed E-state index contributed by atoms with van der Waals surface area (Å²) in [5.74, 6) is 5.98. The minimum Gasteiger partial charge on any atom is -0.486 e. The summed E-state index contributed by atoms with van der Waals surface area (Å²) in [5.41, 5.74) is 1.50. The Morgan fingerprint density at radius 3 is 2.95 bits per heavy atom. The smallest absolute Gasteiger partial charge is 0.221 e. The third-order valence-corrected chi connectivity index (χ3v) is 3.50. The van der Waals surface area contributed by atoms with Crippen LogP contribution >= 0.6 is 11.3 Å². The number of nitrogens with one attached hydrogen (secondary N) is 1. The molecule has 2 N–H and O–H groups in total. The van der Waals surface area contributed by atoms with E-state index >= 15 is 0 Å². The second-order valence-electron chi connectivity index (χ2n) is 4.18. The highest BCUT2D eigenvalue weighted by atomic mass is 32.1. The second kappa shape index (κ2) is 7.48. The van der Waals surface area contributed by atoms with E-state index in [0.717, 1.165) is 10.4 Å². The summed E-state index contributed by atoms with van der Waals surface area (Å²) < 4.78 is 5.77. The highest BCUT2D eigenvalue weighted by Crippen LogP contribution is 2.26. The molecule has 2 aromatic rings. The molecule has 1 aromatic carbocycles. The molecule has 0 radical (unpaired) electrons. The number of hydrogen-bond acceptors (Lipinski definition) is 4. The van der Waals surface area contributed by atoms with Crippen molar-refractivity contribution in [2.45, 2.75) is 13.5 Å². The number of ether oxygens (including phenoxy) is 1. The zero-order valence-electron chi connectivity index (χ0n) is 11.6. The zero-order chi connectivity index (χ0) is 15.1. The van der Waals surface area contributed by atoms with Gasteiger partial charge in [0.25, 0.3) is 0 Å². The molecule has 2 rings (SSSR count). The number of aliphatic hydroxyl groups excluding tert-OH is 1. The van der Waals surface area contributed by atoms with Gasteiger partial charge in [-0.05, 0) is 23.6 Å². The van der Waals surface area contributed by atoms with Gasteiger partial charge >= 0.3 is 0 Å². The highest BCUT2D eigenvalue weighted by molar-refractivity contribution is 7.10. The van der Waals surface area contributed by atoms with Gasteiger partial charge in [0.1, 0.15) is 19.0 Å². The van der Waals surface area contributed by atoms with Crippen LogP contribution in [0.2, 0.25) is 0 Å². The van der Waals surface area contributed by atoms with Gasteiger partial charge in [-0.2, -0.15) is 0 Å². The number of aliphatic hydroxyl groups is 1. The molecule has 5 heteroatoms. The highest BCUT2D eigenvalue weighted by Gasteiger charge is 2.07. The third kappa shape index (κ3) is 4.35. The molecule has 0 fully saturated rings. The van der Waals surface area contributed by atoms with Crippen LogP contribution in [0.4, 0.5) is 5.69 Å². The number of para-hydroxylation sites is 2. The van der Waals surface area contributed by atoms with E-state index in [0.29, 0.717) is 18.0 Å². The van der Waals surface area contributed by atoms with Gasteiger partial charge in [-0.15, -0.1) is 11.3 Å². The first kappa shape index (κ1) is 15.1. The molecule has 0 atom stereocenters. The fourth-order valence-electron chi connectivity index (χ4n) is 1.73. The number of rotatable bonds is 4. The van der Waals surface area contributed by atoms with Crippen molar-refractivity contribution in [2.75, 3.05) is 11.9 Å². The predicted octanol–water partition coefficient (Wildman–Crippen LogP) is 2.63. The van der Waals surface area contributed by atoms with Gasteiger partial charge in [-0.1, -0.05) is 24.0 Å². The maximum atomic E-state index is 11.2. The van der Waals surface area contributed by atoms with Gasteiger partial charge in [-0.3, -0.25) is 4.79 Å². The summed E-state index contributed by atoms with van der Waals surface area (Å²) >= 11 is 1.54. The summed E-state index contributed by atoms with van der Waals surface area (Å²) in [6, 6.07) is 9.17. The standard InChI is InChI=1S/C16H15NO3S/c1-12(19)17-14-6-2-3-7-15(14)20-11-16-13(5-4-9-18)8-10-21-16/h2-3,6-8,10,18H,9,11H2,1H3,(H,17,19). The first-order valence-electron chi connectivity index (χ1n) is 6.36. The number of carbonyl (C=O) groups excluding carboxylic acids is 1. The van der Waals surface area contributed by atoms with Gasteiger partial charge in [0.05, 0.1) is 10.6 Å². The summed E-state index contributed by atoms with van der Waals surface area (Å²) in [4.78, 5) is 12.1. The summed E-state index contributed by atoms with van der Waals surface area (Å²) in [6.45, 7) is 1.66. The number of hydrogen-bond donors (Lipinski definition) is 2. The Morgan fingerprint density at radius 1 is 1.38 bits per heavy atom. The predicted molar refractivity (Wildman–Crippen MR) is 83.4 cm³/mol. The number of anilines is 1. The van der Waals surface area contributed by atoms with Gasteiger partial charge < -0.3 is 15.2 Å². The second-order valence-corrected chi connectivity index (χ2v) is 5.18. The van der Waals surface area contributed by atoms with E-state index in [9.17, 15) is 4.79 Å². The van der Waals surface area contributed by atoms with Gasteiger partial charge in [0, 0.05) is 12.5 Å². The number of carbonyl (C=O) groups is 1. The van der Waals surface area contributed by atoms with Crippen molar-refractivity contribution in [3.63, 3.8) is 0 Å². The lowest BCUT2D eigenvalue weighted by Gasteiger charge is -2.11. The van der Waals surface area contributed by atoms with Crippen LogP contribution in [0.3, 0.4) is 0 Å². The molecule has 108 valence electrons.